The Bertz CT molecular complexity index is 1070. The Balaban J connectivity index is 1.85. The van der Waals surface area contributed by atoms with Gasteiger partial charge in [0.2, 0.25) is 10.0 Å². The van der Waals surface area contributed by atoms with E-state index < -0.39 is 15.8 Å². The van der Waals surface area contributed by atoms with Crippen LogP contribution in [0.4, 0.5) is 4.39 Å². The van der Waals surface area contributed by atoms with Gasteiger partial charge < -0.3 is 9.64 Å². The van der Waals surface area contributed by atoms with E-state index in [1.54, 1.807) is 32.2 Å². The Morgan fingerprint density at radius 1 is 1.23 bits per heavy atom. The van der Waals surface area contributed by atoms with Crippen molar-refractivity contribution in [2.45, 2.75) is 50.6 Å². The summed E-state index contributed by atoms with van der Waals surface area (Å²) in [6.45, 7) is 4.36. The Labute approximate surface area is 183 Å². The standard InChI is InChI=1S/C23H29FN2O4S/c1-16-8-10-19(31(28,29)26-12-6-5-7-17(26)2)14-20(16)23(27)25(3)15-18-9-11-22(30-4)21(24)13-18/h8-11,13-14,17H,5-7,12,15H2,1-4H3. The number of ether oxygens (including phenoxy) is 1. The maximum Gasteiger partial charge on any atom is 0.254 e. The van der Waals surface area contributed by atoms with E-state index in [1.165, 1.54) is 34.5 Å². The number of methoxy groups -OCH3 is 1. The zero-order valence-corrected chi connectivity index (χ0v) is 19.2. The quantitative estimate of drug-likeness (QED) is 0.671. The third-order valence-electron chi connectivity index (χ3n) is 5.77. The minimum absolute atomic E-state index is 0.0631. The van der Waals surface area contributed by atoms with Crippen LogP contribution in [0.15, 0.2) is 41.3 Å². The van der Waals surface area contributed by atoms with Crippen LogP contribution in [-0.2, 0) is 16.6 Å². The van der Waals surface area contributed by atoms with E-state index in [1.807, 2.05) is 6.92 Å². The number of nitrogens with zero attached hydrogens (tertiary/aromatic N) is 2. The second-order valence-electron chi connectivity index (χ2n) is 8.07. The molecule has 8 heteroatoms. The highest BCUT2D eigenvalue weighted by atomic mass is 32.2. The molecule has 31 heavy (non-hydrogen) atoms. The molecule has 1 unspecified atom stereocenters. The Kier molecular flexibility index (Phi) is 7.01. The van der Waals surface area contributed by atoms with E-state index in [0.29, 0.717) is 23.2 Å². The van der Waals surface area contributed by atoms with Gasteiger partial charge in [0.05, 0.1) is 12.0 Å². The van der Waals surface area contributed by atoms with Gasteiger partial charge in [-0.15, -0.1) is 0 Å². The van der Waals surface area contributed by atoms with Gasteiger partial charge >= 0.3 is 0 Å². The normalized spacial score (nSPS) is 17.4. The summed E-state index contributed by atoms with van der Waals surface area (Å²) >= 11 is 0. The largest absolute Gasteiger partial charge is 0.494 e. The number of amides is 1. The number of carbonyl (C=O) groups excluding carboxylic acids is 1. The molecular weight excluding hydrogens is 419 g/mol. The lowest BCUT2D eigenvalue weighted by molar-refractivity contribution is 0.0784. The lowest BCUT2D eigenvalue weighted by Crippen LogP contribution is -2.42. The van der Waals surface area contributed by atoms with Crippen molar-refractivity contribution >= 4 is 15.9 Å². The van der Waals surface area contributed by atoms with Crippen LogP contribution in [-0.4, -0.2) is 50.3 Å². The molecule has 2 aromatic carbocycles. The predicted octanol–water partition coefficient (Wildman–Crippen LogP) is 3.98. The van der Waals surface area contributed by atoms with Gasteiger partial charge in [0.15, 0.2) is 11.6 Å². The molecule has 1 amide bonds. The average molecular weight is 449 g/mol. The highest BCUT2D eigenvalue weighted by Gasteiger charge is 2.31. The molecule has 168 valence electrons. The molecule has 0 aliphatic carbocycles. The molecule has 3 rings (SSSR count). The summed E-state index contributed by atoms with van der Waals surface area (Å²) in [5.74, 6) is -0.684. The number of carbonyl (C=O) groups is 1. The molecule has 2 aromatic rings. The van der Waals surface area contributed by atoms with Crippen molar-refractivity contribution < 1.29 is 22.3 Å². The van der Waals surface area contributed by atoms with Crippen molar-refractivity contribution in [2.75, 3.05) is 20.7 Å². The molecule has 1 aliphatic rings. The third-order valence-corrected chi connectivity index (χ3v) is 7.78. The molecule has 0 aromatic heterocycles. The van der Waals surface area contributed by atoms with Gasteiger partial charge in [-0.2, -0.15) is 4.31 Å². The highest BCUT2D eigenvalue weighted by Crippen LogP contribution is 2.27. The van der Waals surface area contributed by atoms with E-state index in [2.05, 4.69) is 0 Å². The number of benzene rings is 2. The van der Waals surface area contributed by atoms with Crippen LogP contribution in [0.25, 0.3) is 0 Å². The number of halogens is 1. The van der Waals surface area contributed by atoms with E-state index in [9.17, 15) is 17.6 Å². The second-order valence-corrected chi connectivity index (χ2v) is 9.96. The maximum atomic E-state index is 14.0. The van der Waals surface area contributed by atoms with Crippen LogP contribution < -0.4 is 4.74 Å². The molecule has 0 N–H and O–H groups in total. The summed E-state index contributed by atoms with van der Waals surface area (Å²) in [5, 5.41) is 0. The van der Waals surface area contributed by atoms with E-state index in [-0.39, 0.29) is 29.1 Å². The summed E-state index contributed by atoms with van der Waals surface area (Å²) in [5.41, 5.74) is 1.61. The Hall–Kier alpha value is -2.45. The van der Waals surface area contributed by atoms with Crippen LogP contribution in [0.1, 0.15) is 47.7 Å². The lowest BCUT2D eigenvalue weighted by Gasteiger charge is -2.32. The van der Waals surface area contributed by atoms with Crippen LogP contribution in [0.3, 0.4) is 0 Å². The van der Waals surface area contributed by atoms with Gasteiger partial charge in [-0.25, -0.2) is 12.8 Å². The number of hydrogen-bond acceptors (Lipinski definition) is 4. The fourth-order valence-corrected chi connectivity index (χ4v) is 5.64. The first kappa shape index (κ1) is 23.2. The van der Waals surface area contributed by atoms with Gasteiger partial charge in [0.1, 0.15) is 0 Å². The van der Waals surface area contributed by atoms with Gasteiger partial charge in [0.25, 0.3) is 5.91 Å². The van der Waals surface area contributed by atoms with E-state index in [4.69, 9.17) is 4.74 Å². The molecule has 1 atom stereocenters. The van der Waals surface area contributed by atoms with Crippen LogP contribution in [0.5, 0.6) is 5.75 Å². The highest BCUT2D eigenvalue weighted by molar-refractivity contribution is 7.89. The smallest absolute Gasteiger partial charge is 0.254 e. The predicted molar refractivity (Wildman–Crippen MR) is 117 cm³/mol. The minimum Gasteiger partial charge on any atom is -0.494 e. The average Bonchev–Trinajstić information content (AvgIpc) is 2.73. The van der Waals surface area contributed by atoms with Crippen molar-refractivity contribution in [3.05, 3.63) is 58.9 Å². The zero-order valence-electron chi connectivity index (χ0n) is 18.4. The van der Waals surface area contributed by atoms with Crippen molar-refractivity contribution in [1.29, 1.82) is 0 Å². The minimum atomic E-state index is -3.68. The first-order valence-electron chi connectivity index (χ1n) is 10.4. The molecule has 1 saturated heterocycles. The molecule has 1 fully saturated rings. The van der Waals surface area contributed by atoms with Crippen LogP contribution in [0.2, 0.25) is 0 Å². The van der Waals surface area contributed by atoms with Crippen molar-refractivity contribution in [3.8, 4) is 5.75 Å². The SMILES string of the molecule is COc1ccc(CN(C)C(=O)c2cc(S(=O)(=O)N3CCCCC3C)ccc2C)cc1F. The fraction of sp³-hybridized carbons (Fsp3) is 0.435. The summed E-state index contributed by atoms with van der Waals surface area (Å²) < 4.78 is 46.8. The molecule has 0 saturated carbocycles. The Morgan fingerprint density at radius 2 is 1.97 bits per heavy atom. The summed E-state index contributed by atoms with van der Waals surface area (Å²) in [6, 6.07) is 9.15. The van der Waals surface area contributed by atoms with Crippen LogP contribution >= 0.6 is 0 Å². The summed E-state index contributed by atoms with van der Waals surface area (Å²) in [4.78, 5) is 14.7. The van der Waals surface area contributed by atoms with Gasteiger partial charge in [-0.05, 0) is 62.1 Å². The molecule has 0 bridgehead atoms. The summed E-state index contributed by atoms with van der Waals surface area (Å²) in [6.07, 6.45) is 2.68. The van der Waals surface area contributed by atoms with E-state index >= 15 is 0 Å². The van der Waals surface area contributed by atoms with Gasteiger partial charge in [-0.1, -0.05) is 18.6 Å². The number of hydrogen-bond donors (Lipinski definition) is 0. The molecule has 1 heterocycles. The zero-order chi connectivity index (χ0) is 22.8. The van der Waals surface area contributed by atoms with Gasteiger partial charge in [-0.3, -0.25) is 4.79 Å². The van der Waals surface area contributed by atoms with Crippen LogP contribution in [0, 0.1) is 12.7 Å². The number of sulfonamides is 1. The molecular formula is C23H29FN2O4S. The van der Waals surface area contributed by atoms with E-state index in [0.717, 1.165) is 19.3 Å². The van der Waals surface area contributed by atoms with Crippen molar-refractivity contribution in [2.24, 2.45) is 0 Å². The summed E-state index contributed by atoms with van der Waals surface area (Å²) in [7, 11) is -0.683. The topological polar surface area (TPSA) is 66.9 Å². The molecule has 1 aliphatic heterocycles. The Morgan fingerprint density at radius 3 is 2.61 bits per heavy atom. The molecule has 6 nitrogen and oxygen atoms in total. The number of aryl methyl sites for hydroxylation is 1. The van der Waals surface area contributed by atoms with Crippen molar-refractivity contribution in [3.63, 3.8) is 0 Å². The monoisotopic (exact) mass is 448 g/mol. The van der Waals surface area contributed by atoms with Gasteiger partial charge in [0, 0.05) is 31.7 Å². The molecule has 0 radical (unpaired) electrons. The lowest BCUT2D eigenvalue weighted by atomic mass is 10.1. The first-order chi connectivity index (χ1) is 14.6. The third kappa shape index (κ3) is 4.91. The van der Waals surface area contributed by atoms with Crippen molar-refractivity contribution in [1.82, 2.24) is 9.21 Å². The molecule has 0 spiro atoms. The first-order valence-corrected chi connectivity index (χ1v) is 11.8. The second kappa shape index (κ2) is 9.36. The maximum absolute atomic E-state index is 14.0. The fourth-order valence-electron chi connectivity index (χ4n) is 3.92. The number of rotatable bonds is 6. The number of piperidine rings is 1.